The lowest BCUT2D eigenvalue weighted by Crippen LogP contribution is -2.41. The summed E-state index contributed by atoms with van der Waals surface area (Å²) in [5, 5.41) is 0. The molecular formula is C13H19F3N2O8S. The van der Waals surface area contributed by atoms with Crippen molar-refractivity contribution in [2.75, 3.05) is 46.2 Å². The number of sulfonamides is 1. The van der Waals surface area contributed by atoms with Crippen LogP contribution in [-0.2, 0) is 38.6 Å². The highest BCUT2D eigenvalue weighted by molar-refractivity contribution is 7.90. The van der Waals surface area contributed by atoms with E-state index >= 15 is 0 Å². The molecule has 156 valence electrons. The van der Waals surface area contributed by atoms with Gasteiger partial charge in [-0.15, -0.1) is 0 Å². The number of alkyl halides is 3. The summed E-state index contributed by atoms with van der Waals surface area (Å²) >= 11 is 0. The maximum absolute atomic E-state index is 12.0. The number of amides is 3. The fourth-order valence-corrected chi connectivity index (χ4v) is 2.34. The van der Waals surface area contributed by atoms with Crippen LogP contribution in [0, 0.1) is 0 Å². The minimum absolute atomic E-state index is 0.00818. The molecule has 0 atom stereocenters. The molecule has 0 bridgehead atoms. The first-order chi connectivity index (χ1) is 12.5. The van der Waals surface area contributed by atoms with Crippen molar-refractivity contribution in [1.29, 1.82) is 0 Å². The third kappa shape index (κ3) is 8.19. The average molecular weight is 420 g/mol. The van der Waals surface area contributed by atoms with Gasteiger partial charge in [0.15, 0.2) is 0 Å². The van der Waals surface area contributed by atoms with Gasteiger partial charge in [-0.2, -0.15) is 21.6 Å². The summed E-state index contributed by atoms with van der Waals surface area (Å²) in [7, 11) is -5.74. The van der Waals surface area contributed by atoms with Crippen LogP contribution in [0.2, 0.25) is 0 Å². The van der Waals surface area contributed by atoms with Crippen LogP contribution >= 0.6 is 0 Å². The molecule has 0 spiro atoms. The van der Waals surface area contributed by atoms with Crippen LogP contribution in [0.25, 0.3) is 0 Å². The molecule has 3 amide bonds. The minimum Gasteiger partial charge on any atom is -0.377 e. The van der Waals surface area contributed by atoms with Crippen LogP contribution < -0.4 is 4.72 Å². The zero-order valence-corrected chi connectivity index (χ0v) is 14.9. The summed E-state index contributed by atoms with van der Waals surface area (Å²) in [6.07, 6.45) is 0.421. The maximum atomic E-state index is 12.0. The van der Waals surface area contributed by atoms with E-state index in [-0.39, 0.29) is 64.2 Å². The molecule has 0 aromatic rings. The average Bonchev–Trinajstić information content (AvgIpc) is 2.86. The summed E-state index contributed by atoms with van der Waals surface area (Å²) in [5.41, 5.74) is -5.58. The van der Waals surface area contributed by atoms with E-state index in [2.05, 4.69) is 4.74 Å². The van der Waals surface area contributed by atoms with Crippen LogP contribution in [-0.4, -0.2) is 82.7 Å². The van der Waals surface area contributed by atoms with Crippen LogP contribution in [0.15, 0.2) is 0 Å². The van der Waals surface area contributed by atoms with Gasteiger partial charge in [0, 0.05) is 12.8 Å². The van der Waals surface area contributed by atoms with E-state index in [4.69, 9.17) is 9.47 Å². The molecule has 1 aliphatic rings. The predicted octanol–water partition coefficient (Wildman–Crippen LogP) is -0.849. The van der Waals surface area contributed by atoms with Gasteiger partial charge in [-0.3, -0.25) is 19.3 Å². The van der Waals surface area contributed by atoms with E-state index in [1.165, 1.54) is 0 Å². The Bertz CT molecular complexity index is 622. The topological polar surface area (TPSA) is 128 Å². The number of imide groups is 1. The molecule has 0 unspecified atom stereocenters. The van der Waals surface area contributed by atoms with Crippen molar-refractivity contribution in [1.82, 2.24) is 9.62 Å². The van der Waals surface area contributed by atoms with Crippen molar-refractivity contribution in [2.24, 2.45) is 0 Å². The molecule has 0 aliphatic carbocycles. The second kappa shape index (κ2) is 10.5. The Hall–Kier alpha value is -1.77. The van der Waals surface area contributed by atoms with E-state index in [9.17, 15) is 36.0 Å². The van der Waals surface area contributed by atoms with Crippen molar-refractivity contribution in [2.45, 2.75) is 18.3 Å². The summed E-state index contributed by atoms with van der Waals surface area (Å²) in [6.45, 7) is -0.419. The summed E-state index contributed by atoms with van der Waals surface area (Å²) < 4.78 is 73.1. The van der Waals surface area contributed by atoms with Gasteiger partial charge < -0.3 is 14.2 Å². The SMILES string of the molecule is O=C(COCCOCCOCCN1C(=O)CCC1=O)NS(=O)(=O)C(F)(F)F. The van der Waals surface area contributed by atoms with Gasteiger partial charge in [0.05, 0.1) is 39.6 Å². The molecule has 27 heavy (non-hydrogen) atoms. The summed E-state index contributed by atoms with van der Waals surface area (Å²) in [6, 6.07) is 0. The molecule has 0 saturated carbocycles. The second-order valence-electron chi connectivity index (χ2n) is 5.19. The number of halogens is 3. The number of ether oxygens (including phenoxy) is 3. The van der Waals surface area contributed by atoms with Gasteiger partial charge in [0.1, 0.15) is 6.61 Å². The van der Waals surface area contributed by atoms with E-state index < -0.39 is 28.0 Å². The van der Waals surface area contributed by atoms with Gasteiger partial charge in [0.25, 0.3) is 5.91 Å². The summed E-state index contributed by atoms with van der Waals surface area (Å²) in [5.74, 6) is -1.92. The number of likely N-dealkylation sites (tertiary alicyclic amines) is 1. The van der Waals surface area contributed by atoms with Crippen molar-refractivity contribution in [3.63, 3.8) is 0 Å². The molecule has 0 aromatic carbocycles. The molecule has 1 saturated heterocycles. The van der Waals surface area contributed by atoms with Gasteiger partial charge in [-0.1, -0.05) is 0 Å². The summed E-state index contributed by atoms with van der Waals surface area (Å²) in [4.78, 5) is 34.8. The van der Waals surface area contributed by atoms with Crippen LogP contribution in [0.3, 0.4) is 0 Å². The first-order valence-electron chi connectivity index (χ1n) is 7.73. The molecule has 1 aliphatic heterocycles. The maximum Gasteiger partial charge on any atom is 0.516 e. The van der Waals surface area contributed by atoms with Gasteiger partial charge >= 0.3 is 15.5 Å². The van der Waals surface area contributed by atoms with E-state index in [1.54, 1.807) is 0 Å². The molecule has 0 radical (unpaired) electrons. The monoisotopic (exact) mass is 420 g/mol. The second-order valence-corrected chi connectivity index (χ2v) is 6.86. The van der Waals surface area contributed by atoms with E-state index in [0.717, 1.165) is 9.62 Å². The molecule has 1 heterocycles. The van der Waals surface area contributed by atoms with Gasteiger partial charge in [-0.25, -0.2) is 4.72 Å². The Morgan fingerprint density at radius 2 is 1.44 bits per heavy atom. The fourth-order valence-electron chi connectivity index (χ4n) is 1.87. The number of carbonyl (C=O) groups excluding carboxylic acids is 3. The predicted molar refractivity (Wildman–Crippen MR) is 81.5 cm³/mol. The quantitative estimate of drug-likeness (QED) is 0.319. The third-order valence-corrected chi connectivity index (χ3v) is 4.25. The fraction of sp³-hybridized carbons (Fsp3) is 0.769. The number of carbonyl (C=O) groups is 3. The number of nitrogens with zero attached hydrogens (tertiary/aromatic N) is 1. The van der Waals surface area contributed by atoms with Crippen LogP contribution in [0.5, 0.6) is 0 Å². The molecule has 1 N–H and O–H groups in total. The molecule has 1 fully saturated rings. The Kier molecular flexibility index (Phi) is 9.08. The largest absolute Gasteiger partial charge is 0.516 e. The number of hydrogen-bond acceptors (Lipinski definition) is 8. The Morgan fingerprint density at radius 3 is 1.96 bits per heavy atom. The molecule has 0 aromatic heterocycles. The van der Waals surface area contributed by atoms with Crippen molar-refractivity contribution in [3.05, 3.63) is 0 Å². The van der Waals surface area contributed by atoms with Gasteiger partial charge in [0.2, 0.25) is 11.8 Å². The first-order valence-corrected chi connectivity index (χ1v) is 9.21. The Labute approximate surface area is 153 Å². The van der Waals surface area contributed by atoms with Crippen LogP contribution in [0.1, 0.15) is 12.8 Å². The molecule has 14 heteroatoms. The number of nitrogens with one attached hydrogen (secondary N) is 1. The normalized spacial score (nSPS) is 15.4. The van der Waals surface area contributed by atoms with Gasteiger partial charge in [-0.05, 0) is 0 Å². The highest BCUT2D eigenvalue weighted by atomic mass is 32.2. The van der Waals surface area contributed by atoms with E-state index in [1.807, 2.05) is 0 Å². The van der Waals surface area contributed by atoms with Crippen LogP contribution in [0.4, 0.5) is 13.2 Å². The van der Waals surface area contributed by atoms with E-state index in [0.29, 0.717) is 0 Å². The smallest absolute Gasteiger partial charge is 0.377 e. The highest BCUT2D eigenvalue weighted by Crippen LogP contribution is 2.21. The third-order valence-electron chi connectivity index (χ3n) is 3.14. The van der Waals surface area contributed by atoms with Crippen molar-refractivity contribution < 1.29 is 50.2 Å². The standard InChI is InChI=1S/C13H19F3N2O8S/c14-13(15,16)27(22,23)17-10(19)9-26-8-7-25-6-5-24-4-3-18-11(20)1-2-12(18)21/h1-9H2,(H,17,19). The van der Waals surface area contributed by atoms with Crippen molar-refractivity contribution in [3.8, 4) is 0 Å². The minimum atomic E-state index is -5.74. The zero-order valence-electron chi connectivity index (χ0n) is 14.1. The Balaban J connectivity index is 1.98. The lowest BCUT2D eigenvalue weighted by Gasteiger charge is -2.13. The molecular weight excluding hydrogens is 401 g/mol. The molecule has 10 nitrogen and oxygen atoms in total. The zero-order chi connectivity index (χ0) is 20.5. The number of rotatable bonds is 12. The lowest BCUT2D eigenvalue weighted by molar-refractivity contribution is -0.139. The highest BCUT2D eigenvalue weighted by Gasteiger charge is 2.46. The Morgan fingerprint density at radius 1 is 0.963 bits per heavy atom. The first kappa shape index (κ1) is 23.3. The van der Waals surface area contributed by atoms with Crippen molar-refractivity contribution >= 4 is 27.7 Å². The number of hydrogen-bond donors (Lipinski definition) is 1. The molecule has 1 rings (SSSR count). The lowest BCUT2D eigenvalue weighted by atomic mass is 10.4.